The summed E-state index contributed by atoms with van der Waals surface area (Å²) in [5.41, 5.74) is 2.94. The second-order valence-corrected chi connectivity index (χ2v) is 6.72. The van der Waals surface area contributed by atoms with E-state index in [4.69, 9.17) is 0 Å². The van der Waals surface area contributed by atoms with Gasteiger partial charge >= 0.3 is 0 Å². The molecule has 18 heavy (non-hydrogen) atoms. The smallest absolute Gasteiger partial charge is 0.0175 e. The number of halogens is 2. The molecule has 0 bridgehead atoms. The molecule has 0 amide bonds. The van der Waals surface area contributed by atoms with Crippen LogP contribution in [-0.4, -0.2) is 0 Å². The van der Waals surface area contributed by atoms with Crippen LogP contribution in [0, 0.1) is 0 Å². The minimum atomic E-state index is 0.694. The molecule has 1 saturated carbocycles. The lowest BCUT2D eigenvalue weighted by atomic mass is 9.67. The van der Waals surface area contributed by atoms with E-state index in [2.05, 4.69) is 80.4 Å². The van der Waals surface area contributed by atoms with E-state index in [0.29, 0.717) is 11.8 Å². The first kappa shape index (κ1) is 12.4. The molecule has 0 nitrogen and oxygen atoms in total. The predicted molar refractivity (Wildman–Crippen MR) is 83.0 cm³/mol. The molecule has 2 unspecified atom stereocenters. The van der Waals surface area contributed by atoms with Crippen molar-refractivity contribution in [3.8, 4) is 0 Å². The van der Waals surface area contributed by atoms with Gasteiger partial charge in [-0.25, -0.2) is 0 Å². The Balaban J connectivity index is 1.83. The zero-order valence-corrected chi connectivity index (χ0v) is 13.1. The van der Waals surface area contributed by atoms with Crippen LogP contribution >= 0.6 is 31.9 Å². The van der Waals surface area contributed by atoms with Crippen molar-refractivity contribution in [2.24, 2.45) is 0 Å². The van der Waals surface area contributed by atoms with Crippen molar-refractivity contribution in [1.29, 1.82) is 0 Å². The predicted octanol–water partition coefficient (Wildman–Crippen LogP) is 5.87. The van der Waals surface area contributed by atoms with Gasteiger partial charge < -0.3 is 0 Å². The Morgan fingerprint density at radius 2 is 0.944 bits per heavy atom. The number of rotatable bonds is 2. The van der Waals surface area contributed by atoms with Crippen LogP contribution in [0.4, 0.5) is 0 Å². The van der Waals surface area contributed by atoms with Crippen molar-refractivity contribution in [2.75, 3.05) is 0 Å². The molecule has 2 aromatic carbocycles. The molecular weight excluding hydrogens is 352 g/mol. The largest absolute Gasteiger partial charge is 0.0576 e. The summed E-state index contributed by atoms with van der Waals surface area (Å²) in [6.07, 6.45) is 2.62. The summed E-state index contributed by atoms with van der Waals surface area (Å²) in [6, 6.07) is 17.6. The maximum Gasteiger partial charge on any atom is 0.0175 e. The van der Waals surface area contributed by atoms with Crippen LogP contribution in [-0.2, 0) is 0 Å². The summed E-state index contributed by atoms with van der Waals surface area (Å²) in [5.74, 6) is 1.39. The van der Waals surface area contributed by atoms with Crippen molar-refractivity contribution < 1.29 is 0 Å². The van der Waals surface area contributed by atoms with Crippen LogP contribution in [0.3, 0.4) is 0 Å². The average Bonchev–Trinajstić information content (AvgIpc) is 2.33. The standard InChI is InChI=1S/C16H14Br2/c17-13-5-1-11(2-6-13)15-9-10-16(15)12-3-7-14(18)8-4-12/h1-8,15-16H,9-10H2. The molecule has 1 aliphatic rings. The first-order valence-electron chi connectivity index (χ1n) is 6.25. The highest BCUT2D eigenvalue weighted by Gasteiger charge is 2.32. The second kappa shape index (κ2) is 5.18. The van der Waals surface area contributed by atoms with Crippen molar-refractivity contribution in [3.63, 3.8) is 0 Å². The zero-order valence-electron chi connectivity index (χ0n) is 9.94. The summed E-state index contributed by atoms with van der Waals surface area (Å²) in [4.78, 5) is 0. The Hall–Kier alpha value is -0.600. The normalized spacial score (nSPS) is 22.6. The van der Waals surface area contributed by atoms with Crippen LogP contribution < -0.4 is 0 Å². The molecule has 0 radical (unpaired) electrons. The van der Waals surface area contributed by atoms with Gasteiger partial charge in [-0.05, 0) is 60.1 Å². The van der Waals surface area contributed by atoms with Crippen LogP contribution in [0.5, 0.6) is 0 Å². The minimum absolute atomic E-state index is 0.694. The maximum absolute atomic E-state index is 3.50. The van der Waals surface area contributed by atoms with Gasteiger partial charge in [0.25, 0.3) is 0 Å². The fourth-order valence-electron chi connectivity index (χ4n) is 2.72. The summed E-state index contributed by atoms with van der Waals surface area (Å²) >= 11 is 6.99. The zero-order chi connectivity index (χ0) is 12.5. The third-order valence-corrected chi connectivity index (χ3v) is 4.93. The van der Waals surface area contributed by atoms with E-state index in [0.717, 1.165) is 8.95 Å². The van der Waals surface area contributed by atoms with Gasteiger partial charge in [-0.3, -0.25) is 0 Å². The molecule has 0 aliphatic heterocycles. The van der Waals surface area contributed by atoms with Gasteiger partial charge in [0.2, 0.25) is 0 Å². The van der Waals surface area contributed by atoms with E-state index in [1.54, 1.807) is 0 Å². The molecule has 0 N–H and O–H groups in total. The molecule has 2 atom stereocenters. The third-order valence-electron chi connectivity index (χ3n) is 3.87. The highest BCUT2D eigenvalue weighted by Crippen LogP contribution is 2.49. The monoisotopic (exact) mass is 364 g/mol. The number of hydrogen-bond acceptors (Lipinski definition) is 0. The Labute approximate surface area is 125 Å². The van der Waals surface area contributed by atoms with E-state index in [9.17, 15) is 0 Å². The lowest BCUT2D eigenvalue weighted by molar-refractivity contribution is 0.346. The van der Waals surface area contributed by atoms with E-state index < -0.39 is 0 Å². The molecule has 0 aromatic heterocycles. The van der Waals surface area contributed by atoms with Crippen LogP contribution in [0.2, 0.25) is 0 Å². The lowest BCUT2D eigenvalue weighted by Gasteiger charge is -2.37. The molecule has 3 rings (SSSR count). The molecular formula is C16H14Br2. The van der Waals surface area contributed by atoms with Gasteiger partial charge in [0.15, 0.2) is 0 Å². The van der Waals surface area contributed by atoms with E-state index in [1.807, 2.05) is 0 Å². The topological polar surface area (TPSA) is 0 Å². The molecule has 2 aromatic rings. The quantitative estimate of drug-likeness (QED) is 0.623. The van der Waals surface area contributed by atoms with Crippen LogP contribution in [0.25, 0.3) is 0 Å². The SMILES string of the molecule is Brc1ccc(C2CCC2c2ccc(Br)cc2)cc1. The third kappa shape index (κ3) is 2.41. The summed E-state index contributed by atoms with van der Waals surface area (Å²) in [5, 5.41) is 0. The van der Waals surface area contributed by atoms with Crippen LogP contribution in [0.15, 0.2) is 57.5 Å². The Bertz CT molecular complexity index is 477. The molecule has 1 fully saturated rings. The molecule has 2 heteroatoms. The number of hydrogen-bond donors (Lipinski definition) is 0. The van der Waals surface area contributed by atoms with E-state index >= 15 is 0 Å². The van der Waals surface area contributed by atoms with Gasteiger partial charge in [-0.15, -0.1) is 0 Å². The highest BCUT2D eigenvalue weighted by atomic mass is 79.9. The van der Waals surface area contributed by atoms with Crippen LogP contribution in [0.1, 0.15) is 35.8 Å². The van der Waals surface area contributed by atoms with Gasteiger partial charge in [-0.1, -0.05) is 56.1 Å². The molecule has 92 valence electrons. The summed E-state index contributed by atoms with van der Waals surface area (Å²) in [7, 11) is 0. The molecule has 1 aliphatic carbocycles. The Morgan fingerprint density at radius 3 is 1.22 bits per heavy atom. The van der Waals surface area contributed by atoms with Gasteiger partial charge in [0.05, 0.1) is 0 Å². The average molecular weight is 366 g/mol. The fourth-order valence-corrected chi connectivity index (χ4v) is 3.25. The maximum atomic E-state index is 3.50. The van der Waals surface area contributed by atoms with Gasteiger partial charge in [0.1, 0.15) is 0 Å². The summed E-state index contributed by atoms with van der Waals surface area (Å²) in [6.45, 7) is 0. The minimum Gasteiger partial charge on any atom is -0.0576 e. The van der Waals surface area contributed by atoms with Gasteiger partial charge in [0, 0.05) is 8.95 Å². The van der Waals surface area contributed by atoms with Gasteiger partial charge in [-0.2, -0.15) is 0 Å². The first-order valence-corrected chi connectivity index (χ1v) is 7.83. The summed E-state index contributed by atoms with van der Waals surface area (Å²) < 4.78 is 2.32. The fraction of sp³-hybridized carbons (Fsp3) is 0.250. The molecule has 0 spiro atoms. The lowest BCUT2D eigenvalue weighted by Crippen LogP contribution is -2.21. The Kier molecular flexibility index (Phi) is 3.58. The highest BCUT2D eigenvalue weighted by molar-refractivity contribution is 9.10. The Morgan fingerprint density at radius 1 is 0.611 bits per heavy atom. The van der Waals surface area contributed by atoms with Crippen molar-refractivity contribution in [1.82, 2.24) is 0 Å². The second-order valence-electron chi connectivity index (χ2n) is 4.89. The van der Waals surface area contributed by atoms with Crippen molar-refractivity contribution in [3.05, 3.63) is 68.6 Å². The first-order chi connectivity index (χ1) is 8.74. The number of benzene rings is 2. The molecule has 0 saturated heterocycles. The van der Waals surface area contributed by atoms with Crippen molar-refractivity contribution in [2.45, 2.75) is 24.7 Å². The van der Waals surface area contributed by atoms with E-state index in [1.165, 1.54) is 24.0 Å². The van der Waals surface area contributed by atoms with Crippen molar-refractivity contribution >= 4 is 31.9 Å². The van der Waals surface area contributed by atoms with E-state index in [-0.39, 0.29) is 0 Å². The molecule has 0 heterocycles.